The maximum atomic E-state index is 13.1. The number of benzene rings is 2. The Balaban J connectivity index is 1.96. The lowest BCUT2D eigenvalue weighted by Gasteiger charge is -2.23. The van der Waals surface area contributed by atoms with Crippen molar-refractivity contribution in [3.05, 3.63) is 82.0 Å². The first kappa shape index (κ1) is 26.7. The number of pyridine rings is 1. The molecule has 0 N–H and O–H groups in total. The Bertz CT molecular complexity index is 1130. The average Bonchev–Trinajstić information content (AvgIpc) is 2.79. The third-order valence-electron chi connectivity index (χ3n) is 6.04. The van der Waals surface area contributed by atoms with Gasteiger partial charge in [-0.3, -0.25) is 9.88 Å². The lowest BCUT2D eigenvalue weighted by molar-refractivity contribution is -0.137. The van der Waals surface area contributed by atoms with Crippen LogP contribution >= 0.6 is 0 Å². The van der Waals surface area contributed by atoms with Gasteiger partial charge >= 0.3 is 6.18 Å². The van der Waals surface area contributed by atoms with Crippen LogP contribution in [0.4, 0.5) is 13.2 Å². The number of halogens is 3. The smallest absolute Gasteiger partial charge is 0.416 e. The zero-order chi connectivity index (χ0) is 25.8. The van der Waals surface area contributed by atoms with Crippen LogP contribution in [0.15, 0.2) is 48.5 Å². The molecule has 0 aliphatic heterocycles. The number of aryl methyl sites for hydroxylation is 3. The molecular weight excluding hydrogens is 449 g/mol. The Kier molecular flexibility index (Phi) is 8.60. The molecule has 0 saturated carbocycles. The number of ether oxygens (including phenoxy) is 1. The molecule has 3 nitrogen and oxygen atoms in total. The Morgan fingerprint density at radius 2 is 1.57 bits per heavy atom. The first-order valence-electron chi connectivity index (χ1n) is 12.2. The molecule has 0 unspecified atom stereocenters. The van der Waals surface area contributed by atoms with Crippen molar-refractivity contribution in [3.8, 4) is 17.0 Å². The number of rotatable bonds is 9. The van der Waals surface area contributed by atoms with Gasteiger partial charge < -0.3 is 4.74 Å². The second-order valence-corrected chi connectivity index (χ2v) is 9.26. The highest BCUT2D eigenvalue weighted by Crippen LogP contribution is 2.34. The molecule has 0 amide bonds. The number of nitrogens with zero attached hydrogens (tertiary/aromatic N) is 2. The summed E-state index contributed by atoms with van der Waals surface area (Å²) in [6.07, 6.45) is -2.56. The molecule has 0 aliphatic carbocycles. The zero-order valence-corrected chi connectivity index (χ0v) is 21.5. The quantitative estimate of drug-likeness (QED) is 0.312. The van der Waals surface area contributed by atoms with Crippen LogP contribution in [0.25, 0.3) is 11.3 Å². The maximum absolute atomic E-state index is 13.1. The van der Waals surface area contributed by atoms with Gasteiger partial charge in [0.25, 0.3) is 0 Å². The minimum atomic E-state index is -4.35. The van der Waals surface area contributed by atoms with E-state index in [4.69, 9.17) is 9.72 Å². The highest BCUT2D eigenvalue weighted by atomic mass is 19.4. The minimum absolute atomic E-state index is 0.0239. The van der Waals surface area contributed by atoms with Gasteiger partial charge in [0.1, 0.15) is 5.75 Å². The van der Waals surface area contributed by atoms with Gasteiger partial charge in [0.15, 0.2) is 0 Å². The van der Waals surface area contributed by atoms with E-state index in [0.717, 1.165) is 47.2 Å². The van der Waals surface area contributed by atoms with Gasteiger partial charge in [-0.2, -0.15) is 13.2 Å². The molecule has 35 heavy (non-hydrogen) atoms. The van der Waals surface area contributed by atoms with E-state index in [9.17, 15) is 13.2 Å². The van der Waals surface area contributed by atoms with E-state index in [-0.39, 0.29) is 6.10 Å². The van der Waals surface area contributed by atoms with Crippen LogP contribution in [0.5, 0.6) is 5.75 Å². The van der Waals surface area contributed by atoms with Gasteiger partial charge in [0.2, 0.25) is 0 Å². The number of hydrogen-bond donors (Lipinski definition) is 0. The fourth-order valence-electron chi connectivity index (χ4n) is 4.40. The molecular formula is C29H35F3N2O. The molecule has 6 heteroatoms. The SMILES string of the molecule is CCc1cccc(CC)c1-c1cc(OC(C)C)c(CN(C)Cc2cccc(C(F)(F)F)c2)c(C)n1. The predicted molar refractivity (Wildman–Crippen MR) is 136 cm³/mol. The lowest BCUT2D eigenvalue weighted by Crippen LogP contribution is -2.20. The van der Waals surface area contributed by atoms with Crippen molar-refractivity contribution >= 4 is 0 Å². The highest BCUT2D eigenvalue weighted by molar-refractivity contribution is 5.70. The molecule has 2 aromatic carbocycles. The van der Waals surface area contributed by atoms with Gasteiger partial charge in [-0.25, -0.2) is 0 Å². The number of aromatic nitrogens is 1. The molecule has 3 rings (SSSR count). The molecule has 3 aromatic rings. The molecule has 188 valence electrons. The first-order valence-corrected chi connectivity index (χ1v) is 12.2. The van der Waals surface area contributed by atoms with Crippen molar-refractivity contribution in [1.29, 1.82) is 0 Å². The van der Waals surface area contributed by atoms with Crippen molar-refractivity contribution in [2.45, 2.75) is 72.8 Å². The summed E-state index contributed by atoms with van der Waals surface area (Å²) in [5.74, 6) is 0.770. The van der Waals surface area contributed by atoms with Crippen LogP contribution in [0.3, 0.4) is 0 Å². The number of alkyl halides is 3. The summed E-state index contributed by atoms with van der Waals surface area (Å²) in [4.78, 5) is 6.97. The lowest BCUT2D eigenvalue weighted by atomic mass is 9.94. The second-order valence-electron chi connectivity index (χ2n) is 9.26. The van der Waals surface area contributed by atoms with E-state index in [1.54, 1.807) is 6.07 Å². The second kappa shape index (κ2) is 11.3. The van der Waals surface area contributed by atoms with Crippen molar-refractivity contribution in [2.24, 2.45) is 0 Å². The fourth-order valence-corrected chi connectivity index (χ4v) is 4.40. The maximum Gasteiger partial charge on any atom is 0.416 e. The molecule has 0 saturated heterocycles. The third-order valence-corrected chi connectivity index (χ3v) is 6.04. The number of hydrogen-bond acceptors (Lipinski definition) is 3. The van der Waals surface area contributed by atoms with Crippen LogP contribution in [-0.4, -0.2) is 23.0 Å². The average molecular weight is 485 g/mol. The van der Waals surface area contributed by atoms with Crippen LogP contribution < -0.4 is 4.74 Å². The van der Waals surface area contributed by atoms with Crippen LogP contribution in [0, 0.1) is 6.92 Å². The molecule has 0 fully saturated rings. The van der Waals surface area contributed by atoms with E-state index in [1.807, 2.05) is 38.8 Å². The summed E-state index contributed by atoms with van der Waals surface area (Å²) in [5.41, 5.74) is 6.36. The Hall–Kier alpha value is -2.86. The summed E-state index contributed by atoms with van der Waals surface area (Å²) >= 11 is 0. The van der Waals surface area contributed by atoms with E-state index in [1.165, 1.54) is 23.3 Å². The van der Waals surface area contributed by atoms with Crippen LogP contribution in [0.2, 0.25) is 0 Å². The van der Waals surface area contributed by atoms with Gasteiger partial charge in [-0.1, -0.05) is 50.2 Å². The summed E-state index contributed by atoms with van der Waals surface area (Å²) in [6, 6.07) is 13.9. The van der Waals surface area contributed by atoms with Crippen LogP contribution in [0.1, 0.15) is 61.2 Å². The van der Waals surface area contributed by atoms with Crippen molar-refractivity contribution in [1.82, 2.24) is 9.88 Å². The normalized spacial score (nSPS) is 12.0. The monoisotopic (exact) mass is 484 g/mol. The zero-order valence-electron chi connectivity index (χ0n) is 21.5. The Morgan fingerprint density at radius 1 is 0.943 bits per heavy atom. The van der Waals surface area contributed by atoms with E-state index in [0.29, 0.717) is 18.7 Å². The molecule has 0 spiro atoms. The molecule has 1 heterocycles. The summed E-state index contributed by atoms with van der Waals surface area (Å²) in [7, 11) is 1.90. The summed E-state index contributed by atoms with van der Waals surface area (Å²) < 4.78 is 45.6. The van der Waals surface area contributed by atoms with Gasteiger partial charge in [-0.15, -0.1) is 0 Å². The summed E-state index contributed by atoms with van der Waals surface area (Å²) in [5, 5.41) is 0. The van der Waals surface area contributed by atoms with E-state index in [2.05, 4.69) is 32.0 Å². The van der Waals surface area contributed by atoms with Crippen LogP contribution in [-0.2, 0) is 32.1 Å². The third kappa shape index (κ3) is 6.63. The minimum Gasteiger partial charge on any atom is -0.491 e. The van der Waals surface area contributed by atoms with Crippen molar-refractivity contribution < 1.29 is 17.9 Å². The molecule has 0 atom stereocenters. The molecule has 0 bridgehead atoms. The Morgan fingerprint density at radius 3 is 2.14 bits per heavy atom. The van der Waals surface area contributed by atoms with Crippen molar-refractivity contribution in [2.75, 3.05) is 7.05 Å². The van der Waals surface area contributed by atoms with E-state index < -0.39 is 11.7 Å². The topological polar surface area (TPSA) is 25.4 Å². The predicted octanol–water partition coefficient (Wildman–Crippen LogP) is 7.62. The molecule has 1 aromatic heterocycles. The van der Waals surface area contributed by atoms with Gasteiger partial charge in [-0.05, 0) is 63.4 Å². The highest BCUT2D eigenvalue weighted by Gasteiger charge is 2.30. The fraction of sp³-hybridized carbons (Fsp3) is 0.414. The van der Waals surface area contributed by atoms with Gasteiger partial charge in [0.05, 0.1) is 17.4 Å². The van der Waals surface area contributed by atoms with Crippen molar-refractivity contribution in [3.63, 3.8) is 0 Å². The largest absolute Gasteiger partial charge is 0.491 e. The summed E-state index contributed by atoms with van der Waals surface area (Å²) in [6.45, 7) is 11.1. The van der Waals surface area contributed by atoms with Gasteiger partial charge in [0, 0.05) is 36.0 Å². The Labute approximate surface area is 207 Å². The van der Waals surface area contributed by atoms with E-state index >= 15 is 0 Å². The standard InChI is InChI=1S/C29H35F3N2O/c1-7-22-12-10-13-23(8-2)28(22)26-16-27(35-19(3)4)25(20(5)33-26)18-34(6)17-21-11-9-14-24(15-21)29(30,31)32/h9-16,19H,7-8,17-18H2,1-6H3. The molecule has 0 aliphatic rings. The molecule has 0 radical (unpaired) electrons. The first-order chi connectivity index (χ1) is 16.5.